The number of hydrogen-bond donors (Lipinski definition) is 1. The lowest BCUT2D eigenvalue weighted by Gasteiger charge is -2.26. The zero-order chi connectivity index (χ0) is 24.9. The Morgan fingerprint density at radius 1 is 0.972 bits per heavy atom. The van der Waals surface area contributed by atoms with Gasteiger partial charge in [0.15, 0.2) is 0 Å². The Labute approximate surface area is 210 Å². The van der Waals surface area contributed by atoms with Crippen LogP contribution in [-0.4, -0.2) is 39.2 Å². The molecule has 1 fully saturated rings. The van der Waals surface area contributed by atoms with Crippen molar-refractivity contribution < 1.29 is 14.3 Å². The minimum absolute atomic E-state index is 0.0841. The average molecular weight is 483 g/mol. The number of benzene rings is 2. The van der Waals surface area contributed by atoms with E-state index in [4.69, 9.17) is 4.74 Å². The van der Waals surface area contributed by atoms with Gasteiger partial charge in [-0.2, -0.15) is 0 Å². The fourth-order valence-corrected chi connectivity index (χ4v) is 4.49. The Kier molecular flexibility index (Phi) is 6.98. The van der Waals surface area contributed by atoms with Gasteiger partial charge in [0.2, 0.25) is 0 Å². The number of rotatable bonds is 7. The second-order valence-electron chi connectivity index (χ2n) is 9.20. The number of nitrogens with one attached hydrogen (secondary N) is 1. The van der Waals surface area contributed by atoms with Crippen LogP contribution in [0.1, 0.15) is 56.8 Å². The van der Waals surface area contributed by atoms with E-state index < -0.39 is 0 Å². The summed E-state index contributed by atoms with van der Waals surface area (Å²) < 4.78 is 7.89. The number of fused-ring (bicyclic) bond motifs is 1. The van der Waals surface area contributed by atoms with Gasteiger partial charge in [0.05, 0.1) is 5.69 Å². The summed E-state index contributed by atoms with van der Waals surface area (Å²) >= 11 is 0. The maximum absolute atomic E-state index is 12.7. The molecular formula is C29H30N4O3. The molecule has 0 spiro atoms. The van der Waals surface area contributed by atoms with E-state index in [0.29, 0.717) is 30.0 Å². The highest BCUT2D eigenvalue weighted by molar-refractivity contribution is 5.95. The molecule has 1 saturated heterocycles. The van der Waals surface area contributed by atoms with E-state index in [2.05, 4.69) is 10.3 Å². The molecule has 0 radical (unpaired) electrons. The van der Waals surface area contributed by atoms with Gasteiger partial charge in [-0.05, 0) is 73.7 Å². The molecule has 1 aliphatic heterocycles. The molecule has 1 N–H and O–H groups in total. The molecule has 0 aliphatic carbocycles. The highest BCUT2D eigenvalue weighted by Gasteiger charge is 2.18. The molecule has 4 aromatic rings. The van der Waals surface area contributed by atoms with E-state index in [0.717, 1.165) is 48.4 Å². The van der Waals surface area contributed by atoms with E-state index in [-0.39, 0.29) is 11.8 Å². The zero-order valence-corrected chi connectivity index (χ0v) is 20.4. The SMILES string of the molecule is Cc1cccn2cc(COc3cccc(C(=O)NCc4ccc(C(=O)N5CCCCC5)cc4)c3)nc12. The van der Waals surface area contributed by atoms with Gasteiger partial charge in [-0.15, -0.1) is 0 Å². The maximum Gasteiger partial charge on any atom is 0.253 e. The largest absolute Gasteiger partial charge is 0.487 e. The Bertz CT molecular complexity index is 1370. The molecular weight excluding hydrogens is 452 g/mol. The first kappa shape index (κ1) is 23.6. The number of ether oxygens (including phenoxy) is 1. The van der Waals surface area contributed by atoms with Crippen molar-refractivity contribution in [2.75, 3.05) is 13.1 Å². The number of aromatic nitrogens is 2. The molecule has 0 atom stereocenters. The van der Waals surface area contributed by atoms with Crippen molar-refractivity contribution in [1.29, 1.82) is 0 Å². The van der Waals surface area contributed by atoms with E-state index in [1.165, 1.54) is 6.42 Å². The van der Waals surface area contributed by atoms with Crippen molar-refractivity contribution in [1.82, 2.24) is 19.6 Å². The number of carbonyl (C=O) groups excluding carboxylic acids is 2. The highest BCUT2D eigenvalue weighted by Crippen LogP contribution is 2.17. The summed E-state index contributed by atoms with van der Waals surface area (Å²) in [4.78, 5) is 31.9. The van der Waals surface area contributed by atoms with Gasteiger partial charge in [0.25, 0.3) is 11.8 Å². The van der Waals surface area contributed by atoms with Crippen LogP contribution in [0.5, 0.6) is 5.75 Å². The van der Waals surface area contributed by atoms with E-state index in [1.54, 1.807) is 18.2 Å². The Morgan fingerprint density at radius 3 is 2.56 bits per heavy atom. The topological polar surface area (TPSA) is 75.9 Å². The van der Waals surface area contributed by atoms with Gasteiger partial charge in [0.1, 0.15) is 18.0 Å². The Balaban J connectivity index is 1.15. The number of aryl methyl sites for hydroxylation is 1. The van der Waals surface area contributed by atoms with Crippen molar-refractivity contribution in [3.8, 4) is 5.75 Å². The minimum atomic E-state index is -0.183. The summed E-state index contributed by atoms with van der Waals surface area (Å²) in [5, 5.41) is 2.95. The van der Waals surface area contributed by atoms with Crippen LogP contribution in [0.15, 0.2) is 73.1 Å². The predicted molar refractivity (Wildman–Crippen MR) is 138 cm³/mol. The van der Waals surface area contributed by atoms with Gasteiger partial charge in [-0.3, -0.25) is 9.59 Å². The summed E-state index contributed by atoms with van der Waals surface area (Å²) in [5.74, 6) is 0.509. The van der Waals surface area contributed by atoms with Crippen molar-refractivity contribution >= 4 is 17.5 Å². The van der Waals surface area contributed by atoms with Crippen molar-refractivity contribution in [2.45, 2.75) is 39.3 Å². The number of likely N-dealkylation sites (tertiary alicyclic amines) is 1. The number of carbonyl (C=O) groups is 2. The Morgan fingerprint density at radius 2 is 1.78 bits per heavy atom. The van der Waals surface area contributed by atoms with Gasteiger partial charge >= 0.3 is 0 Å². The van der Waals surface area contributed by atoms with Crippen LogP contribution < -0.4 is 10.1 Å². The fraction of sp³-hybridized carbons (Fsp3) is 0.276. The van der Waals surface area contributed by atoms with Gasteiger partial charge in [-0.1, -0.05) is 24.3 Å². The lowest BCUT2D eigenvalue weighted by Crippen LogP contribution is -2.35. The Hall–Kier alpha value is -4.13. The molecule has 2 aromatic heterocycles. The predicted octanol–water partition coefficient (Wildman–Crippen LogP) is 4.78. The van der Waals surface area contributed by atoms with Crippen LogP contribution in [0.25, 0.3) is 5.65 Å². The molecule has 7 nitrogen and oxygen atoms in total. The molecule has 2 amide bonds. The third-order valence-corrected chi connectivity index (χ3v) is 6.51. The van der Waals surface area contributed by atoms with Gasteiger partial charge in [-0.25, -0.2) is 4.98 Å². The molecule has 0 bridgehead atoms. The van der Waals surface area contributed by atoms with Crippen LogP contribution in [0.2, 0.25) is 0 Å². The van der Waals surface area contributed by atoms with Gasteiger partial charge in [0, 0.05) is 43.2 Å². The number of imidazole rings is 1. The summed E-state index contributed by atoms with van der Waals surface area (Å²) in [7, 11) is 0. The number of piperidine rings is 1. The molecule has 5 rings (SSSR count). The minimum Gasteiger partial charge on any atom is -0.487 e. The quantitative estimate of drug-likeness (QED) is 0.411. The van der Waals surface area contributed by atoms with Crippen molar-refractivity contribution in [3.05, 3.63) is 101 Å². The van der Waals surface area contributed by atoms with Crippen LogP contribution in [-0.2, 0) is 13.2 Å². The molecule has 0 saturated carbocycles. The van der Waals surface area contributed by atoms with Crippen LogP contribution in [0.4, 0.5) is 0 Å². The third kappa shape index (κ3) is 5.40. The second-order valence-corrected chi connectivity index (χ2v) is 9.20. The summed E-state index contributed by atoms with van der Waals surface area (Å²) in [6.07, 6.45) is 7.25. The first-order valence-corrected chi connectivity index (χ1v) is 12.4. The van der Waals surface area contributed by atoms with Crippen LogP contribution in [0.3, 0.4) is 0 Å². The number of pyridine rings is 1. The lowest BCUT2D eigenvalue weighted by atomic mass is 10.1. The first-order valence-electron chi connectivity index (χ1n) is 12.4. The fourth-order valence-electron chi connectivity index (χ4n) is 4.49. The lowest BCUT2D eigenvalue weighted by molar-refractivity contribution is 0.0724. The van der Waals surface area contributed by atoms with E-state index >= 15 is 0 Å². The maximum atomic E-state index is 12.7. The second kappa shape index (κ2) is 10.6. The molecule has 7 heteroatoms. The van der Waals surface area contributed by atoms with Gasteiger partial charge < -0.3 is 19.4 Å². The molecule has 184 valence electrons. The van der Waals surface area contributed by atoms with Crippen LogP contribution in [0, 0.1) is 6.92 Å². The summed E-state index contributed by atoms with van der Waals surface area (Å²) in [6, 6.07) is 18.6. The number of hydrogen-bond acceptors (Lipinski definition) is 4. The molecule has 3 heterocycles. The summed E-state index contributed by atoms with van der Waals surface area (Å²) in [6.45, 7) is 4.38. The molecule has 2 aromatic carbocycles. The first-order chi connectivity index (χ1) is 17.6. The normalized spacial score (nSPS) is 13.5. The van der Waals surface area contributed by atoms with E-state index in [9.17, 15) is 9.59 Å². The molecule has 0 unspecified atom stereocenters. The standard InChI is InChI=1S/C29H30N4O3/c1-21-7-6-16-33-19-25(31-27(21)33)20-36-26-9-5-8-24(17-26)28(34)30-18-22-10-12-23(13-11-22)29(35)32-14-3-2-4-15-32/h5-13,16-17,19H,2-4,14-15,18,20H2,1H3,(H,30,34). The third-order valence-electron chi connectivity index (χ3n) is 6.51. The highest BCUT2D eigenvalue weighted by atomic mass is 16.5. The summed E-state index contributed by atoms with van der Waals surface area (Å²) in [5.41, 5.74) is 4.99. The number of nitrogens with zero attached hydrogens (tertiary/aromatic N) is 3. The van der Waals surface area contributed by atoms with E-state index in [1.807, 2.05) is 71.1 Å². The monoisotopic (exact) mass is 482 g/mol. The molecule has 1 aliphatic rings. The zero-order valence-electron chi connectivity index (χ0n) is 20.4. The van der Waals surface area contributed by atoms with Crippen LogP contribution >= 0.6 is 0 Å². The van der Waals surface area contributed by atoms with Crippen molar-refractivity contribution in [3.63, 3.8) is 0 Å². The smallest absolute Gasteiger partial charge is 0.253 e. The van der Waals surface area contributed by atoms with Crippen molar-refractivity contribution in [2.24, 2.45) is 0 Å². The number of amides is 2. The average Bonchev–Trinajstić information content (AvgIpc) is 3.36. The molecule has 36 heavy (non-hydrogen) atoms.